The van der Waals surface area contributed by atoms with Crippen LogP contribution in [0.5, 0.6) is 11.5 Å². The first-order chi connectivity index (χ1) is 8.72. The zero-order valence-electron chi connectivity index (χ0n) is 10.3. The first-order valence-corrected chi connectivity index (χ1v) is 5.98. The van der Waals surface area contributed by atoms with Crippen LogP contribution in [0.3, 0.4) is 0 Å². The summed E-state index contributed by atoms with van der Waals surface area (Å²) in [5.74, 6) is 1.02. The topological polar surface area (TPSA) is 73.9 Å². The molecule has 0 aliphatic carbocycles. The van der Waals surface area contributed by atoms with Gasteiger partial charge in [-0.2, -0.15) is 0 Å². The molecule has 3 N–H and O–H groups in total. The Labute approximate surface area is 111 Å². The molecule has 18 heavy (non-hydrogen) atoms. The highest BCUT2D eigenvalue weighted by molar-refractivity contribution is 6.32. The zero-order chi connectivity index (χ0) is 13.4. The molecule has 102 valence electrons. The lowest BCUT2D eigenvalue weighted by molar-refractivity contribution is 0.0699. The molecule has 1 aromatic rings. The average Bonchev–Trinajstić information content (AvgIpc) is 2.39. The molecule has 6 heteroatoms. The summed E-state index contributed by atoms with van der Waals surface area (Å²) >= 11 is 6.09. The highest BCUT2D eigenvalue weighted by Gasteiger charge is 2.11. The van der Waals surface area contributed by atoms with Crippen LogP contribution in [0.1, 0.15) is 5.56 Å². The molecule has 0 radical (unpaired) electrons. The minimum Gasteiger partial charge on any atom is -0.493 e. The molecule has 0 unspecified atom stereocenters. The molecule has 0 heterocycles. The smallest absolute Gasteiger partial charge is 0.179 e. The van der Waals surface area contributed by atoms with Gasteiger partial charge in [0.05, 0.1) is 32.0 Å². The van der Waals surface area contributed by atoms with Gasteiger partial charge in [-0.1, -0.05) is 11.6 Å². The quantitative estimate of drug-likeness (QED) is 0.697. The van der Waals surface area contributed by atoms with Gasteiger partial charge in [0.15, 0.2) is 11.5 Å². The van der Waals surface area contributed by atoms with Crippen LogP contribution in [0, 0.1) is 0 Å². The van der Waals surface area contributed by atoms with Crippen molar-refractivity contribution >= 4 is 11.6 Å². The Morgan fingerprint density at radius 2 is 2.06 bits per heavy atom. The fourth-order valence-electron chi connectivity index (χ4n) is 1.40. The Kier molecular flexibility index (Phi) is 6.82. The van der Waals surface area contributed by atoms with Gasteiger partial charge in [0.25, 0.3) is 0 Å². The normalized spacial score (nSPS) is 10.4. The SMILES string of the molecule is COc1cc(CN)cc(Cl)c1OCCOCCO. The number of halogens is 1. The third-order valence-electron chi connectivity index (χ3n) is 2.23. The Hall–Kier alpha value is -1.01. The number of benzene rings is 1. The van der Waals surface area contributed by atoms with Crippen LogP contribution in [-0.2, 0) is 11.3 Å². The van der Waals surface area contributed by atoms with E-state index in [-0.39, 0.29) is 6.61 Å². The van der Waals surface area contributed by atoms with Gasteiger partial charge in [-0.25, -0.2) is 0 Å². The molecule has 0 aliphatic heterocycles. The number of hydrogen-bond donors (Lipinski definition) is 2. The van der Waals surface area contributed by atoms with Gasteiger partial charge < -0.3 is 25.1 Å². The third-order valence-corrected chi connectivity index (χ3v) is 2.52. The van der Waals surface area contributed by atoms with Gasteiger partial charge in [0, 0.05) is 6.54 Å². The van der Waals surface area contributed by atoms with Gasteiger partial charge in [0.1, 0.15) is 6.61 Å². The number of ether oxygens (including phenoxy) is 3. The van der Waals surface area contributed by atoms with Crippen molar-refractivity contribution in [3.05, 3.63) is 22.7 Å². The van der Waals surface area contributed by atoms with Crippen molar-refractivity contribution in [3.63, 3.8) is 0 Å². The predicted molar refractivity (Wildman–Crippen MR) is 69.3 cm³/mol. The van der Waals surface area contributed by atoms with E-state index in [9.17, 15) is 0 Å². The highest BCUT2D eigenvalue weighted by Crippen LogP contribution is 2.36. The molecule has 0 saturated heterocycles. The molecule has 0 bridgehead atoms. The van der Waals surface area contributed by atoms with E-state index < -0.39 is 0 Å². The molecule has 1 aromatic carbocycles. The predicted octanol–water partition coefficient (Wildman–Crippen LogP) is 1.20. The zero-order valence-corrected chi connectivity index (χ0v) is 11.1. The van der Waals surface area contributed by atoms with Crippen LogP contribution in [0.2, 0.25) is 5.02 Å². The minimum atomic E-state index is -0.00469. The van der Waals surface area contributed by atoms with Crippen LogP contribution < -0.4 is 15.2 Å². The number of aliphatic hydroxyl groups excluding tert-OH is 1. The summed E-state index contributed by atoms with van der Waals surface area (Å²) in [6.45, 7) is 1.38. The molecule has 0 spiro atoms. The maximum atomic E-state index is 8.55. The highest BCUT2D eigenvalue weighted by atomic mass is 35.5. The summed E-state index contributed by atoms with van der Waals surface area (Å²) in [7, 11) is 1.54. The summed E-state index contributed by atoms with van der Waals surface area (Å²) in [5.41, 5.74) is 6.42. The largest absolute Gasteiger partial charge is 0.493 e. The van der Waals surface area contributed by atoms with E-state index in [0.717, 1.165) is 5.56 Å². The van der Waals surface area contributed by atoms with E-state index in [4.69, 9.17) is 36.7 Å². The number of hydrogen-bond acceptors (Lipinski definition) is 5. The summed E-state index contributed by atoms with van der Waals surface area (Å²) < 4.78 is 15.8. The Morgan fingerprint density at radius 1 is 1.28 bits per heavy atom. The fraction of sp³-hybridized carbons (Fsp3) is 0.500. The molecular weight excluding hydrogens is 258 g/mol. The average molecular weight is 276 g/mol. The maximum Gasteiger partial charge on any atom is 0.179 e. The van der Waals surface area contributed by atoms with E-state index in [0.29, 0.717) is 42.9 Å². The van der Waals surface area contributed by atoms with Crippen LogP contribution in [0.25, 0.3) is 0 Å². The summed E-state index contributed by atoms with van der Waals surface area (Å²) in [5, 5.41) is 9.00. The molecule has 5 nitrogen and oxygen atoms in total. The molecule has 0 fully saturated rings. The molecule has 0 amide bonds. The van der Waals surface area contributed by atoms with E-state index in [1.807, 2.05) is 0 Å². The lowest BCUT2D eigenvalue weighted by Gasteiger charge is -2.13. The van der Waals surface area contributed by atoms with Gasteiger partial charge in [-0.3, -0.25) is 0 Å². The molecule has 0 atom stereocenters. The Balaban J connectivity index is 2.63. The molecule has 0 aromatic heterocycles. The van der Waals surface area contributed by atoms with E-state index >= 15 is 0 Å². The molecule has 0 saturated carbocycles. The third kappa shape index (κ3) is 4.34. The monoisotopic (exact) mass is 275 g/mol. The van der Waals surface area contributed by atoms with Gasteiger partial charge in [-0.15, -0.1) is 0 Å². The van der Waals surface area contributed by atoms with Crippen molar-refractivity contribution < 1.29 is 19.3 Å². The number of rotatable bonds is 8. The van der Waals surface area contributed by atoms with E-state index in [1.165, 1.54) is 0 Å². The molecule has 0 aliphatic rings. The minimum absolute atomic E-state index is 0.00469. The van der Waals surface area contributed by atoms with Crippen LogP contribution in [0.15, 0.2) is 12.1 Å². The molecule has 1 rings (SSSR count). The summed E-state index contributed by atoms with van der Waals surface area (Å²) in [6, 6.07) is 3.53. The van der Waals surface area contributed by atoms with Gasteiger partial charge in [-0.05, 0) is 17.7 Å². The standard InChI is InChI=1S/C12H18ClNO4/c1-16-11-7-9(8-14)6-10(13)12(11)18-5-4-17-3-2-15/h6-7,15H,2-5,8,14H2,1H3. The van der Waals surface area contributed by atoms with Crippen LogP contribution >= 0.6 is 11.6 Å². The van der Waals surface area contributed by atoms with E-state index in [1.54, 1.807) is 19.2 Å². The van der Waals surface area contributed by atoms with Crippen molar-refractivity contribution in [1.29, 1.82) is 0 Å². The van der Waals surface area contributed by atoms with Crippen molar-refractivity contribution in [2.24, 2.45) is 5.73 Å². The van der Waals surface area contributed by atoms with Crippen molar-refractivity contribution in [1.82, 2.24) is 0 Å². The lowest BCUT2D eigenvalue weighted by Crippen LogP contribution is -2.10. The number of nitrogens with two attached hydrogens (primary N) is 1. The first kappa shape index (κ1) is 15.0. The van der Waals surface area contributed by atoms with Crippen LogP contribution in [-0.4, -0.2) is 38.6 Å². The first-order valence-electron chi connectivity index (χ1n) is 5.60. The second kappa shape index (κ2) is 8.16. The number of aliphatic hydroxyl groups is 1. The second-order valence-corrected chi connectivity index (χ2v) is 3.90. The van der Waals surface area contributed by atoms with Crippen LogP contribution in [0.4, 0.5) is 0 Å². The summed E-state index contributed by atoms with van der Waals surface area (Å²) in [4.78, 5) is 0. The summed E-state index contributed by atoms with van der Waals surface area (Å²) in [6.07, 6.45) is 0. The van der Waals surface area contributed by atoms with Crippen molar-refractivity contribution in [2.75, 3.05) is 33.5 Å². The Bertz CT molecular complexity index is 373. The van der Waals surface area contributed by atoms with E-state index in [2.05, 4.69) is 0 Å². The second-order valence-electron chi connectivity index (χ2n) is 3.50. The fourth-order valence-corrected chi connectivity index (χ4v) is 1.69. The lowest BCUT2D eigenvalue weighted by atomic mass is 10.2. The van der Waals surface area contributed by atoms with Gasteiger partial charge >= 0.3 is 0 Å². The maximum absolute atomic E-state index is 8.55. The number of methoxy groups -OCH3 is 1. The van der Waals surface area contributed by atoms with Crippen molar-refractivity contribution in [3.8, 4) is 11.5 Å². The Morgan fingerprint density at radius 3 is 2.67 bits per heavy atom. The molecular formula is C12H18ClNO4. The van der Waals surface area contributed by atoms with Gasteiger partial charge in [0.2, 0.25) is 0 Å². The van der Waals surface area contributed by atoms with Crippen molar-refractivity contribution in [2.45, 2.75) is 6.54 Å².